The lowest BCUT2D eigenvalue weighted by atomic mass is 10.1. The third-order valence-corrected chi connectivity index (χ3v) is 3.56. The molecule has 0 aliphatic carbocycles. The Bertz CT molecular complexity index is 616. The summed E-state index contributed by atoms with van der Waals surface area (Å²) in [6.07, 6.45) is 4.32. The normalized spacial score (nSPS) is 14.3. The molecular formula is C14H19N4O4+. The largest absolute Gasteiger partial charge is 0.490 e. The summed E-state index contributed by atoms with van der Waals surface area (Å²) in [7, 11) is 1.37. The highest BCUT2D eigenvalue weighted by molar-refractivity contribution is 5.78. The van der Waals surface area contributed by atoms with Crippen molar-refractivity contribution in [2.75, 3.05) is 26.7 Å². The molecule has 2 rings (SSSR count). The number of ether oxygens (including phenoxy) is 1. The van der Waals surface area contributed by atoms with Crippen molar-refractivity contribution >= 4 is 5.91 Å². The Balaban J connectivity index is 1.97. The first kappa shape index (κ1) is 15.8. The fourth-order valence-electron chi connectivity index (χ4n) is 2.37. The Kier molecular flexibility index (Phi) is 5.36. The molecule has 0 atom stereocenters. The van der Waals surface area contributed by atoms with Crippen LogP contribution in [0.25, 0.3) is 5.08 Å². The molecule has 0 spiro atoms. The molecule has 1 saturated heterocycles. The van der Waals surface area contributed by atoms with E-state index in [1.807, 2.05) is 0 Å². The highest BCUT2D eigenvalue weighted by Crippen LogP contribution is 2.11. The Morgan fingerprint density at radius 3 is 2.77 bits per heavy atom. The minimum atomic E-state index is -0.330. The van der Waals surface area contributed by atoms with Crippen molar-refractivity contribution in [2.24, 2.45) is 0 Å². The monoisotopic (exact) mass is 307 g/mol. The van der Waals surface area contributed by atoms with E-state index < -0.39 is 0 Å². The molecule has 118 valence electrons. The molecule has 1 fully saturated rings. The Labute approximate surface area is 127 Å². The van der Waals surface area contributed by atoms with Gasteiger partial charge in [-0.15, -0.1) is 0 Å². The van der Waals surface area contributed by atoms with Crippen molar-refractivity contribution in [3.05, 3.63) is 33.4 Å². The van der Waals surface area contributed by atoms with E-state index in [1.165, 1.54) is 19.4 Å². The molecule has 0 radical (unpaired) electrons. The summed E-state index contributed by atoms with van der Waals surface area (Å²) in [5, 5.41) is 13.3. The fraction of sp³-hybridized carbons (Fsp3) is 0.571. The van der Waals surface area contributed by atoms with Crippen molar-refractivity contribution in [1.82, 2.24) is 9.91 Å². The molecule has 0 saturated carbocycles. The number of rotatable bonds is 5. The van der Waals surface area contributed by atoms with Gasteiger partial charge in [-0.05, 0) is 24.3 Å². The van der Waals surface area contributed by atoms with Crippen molar-refractivity contribution in [1.29, 1.82) is 5.39 Å². The first-order valence-electron chi connectivity index (χ1n) is 7.17. The number of piperidine rings is 1. The van der Waals surface area contributed by atoms with Gasteiger partial charge in [0, 0.05) is 19.2 Å². The third-order valence-electron chi connectivity index (χ3n) is 3.56. The topological polar surface area (TPSA) is 91.1 Å². The Morgan fingerprint density at radius 2 is 2.18 bits per heavy atom. The van der Waals surface area contributed by atoms with Gasteiger partial charge in [-0.25, -0.2) is 0 Å². The van der Waals surface area contributed by atoms with Crippen LogP contribution in [0.15, 0.2) is 21.5 Å². The molecule has 1 aliphatic rings. The van der Waals surface area contributed by atoms with E-state index in [2.05, 4.69) is 5.08 Å². The molecule has 1 aromatic rings. The number of likely N-dealkylation sites (tertiary alicyclic amines) is 1. The van der Waals surface area contributed by atoms with Crippen LogP contribution in [0, 0.1) is 5.39 Å². The number of diazo groups is 1. The molecule has 0 N–H and O–H groups in total. The van der Waals surface area contributed by atoms with Crippen LogP contribution in [0.3, 0.4) is 0 Å². The van der Waals surface area contributed by atoms with E-state index in [-0.39, 0.29) is 35.9 Å². The van der Waals surface area contributed by atoms with E-state index in [0.29, 0.717) is 0 Å². The molecule has 8 nitrogen and oxygen atoms in total. The number of hydrogen-bond acceptors (Lipinski definition) is 6. The number of hydrogen-bond donors (Lipinski definition) is 0. The van der Waals surface area contributed by atoms with Crippen LogP contribution >= 0.6 is 0 Å². The molecule has 2 heterocycles. The van der Waals surface area contributed by atoms with Gasteiger partial charge < -0.3 is 14.1 Å². The van der Waals surface area contributed by atoms with Gasteiger partial charge in [0.15, 0.2) is 13.1 Å². The number of amides is 1. The number of carbonyl (C=O) groups excluding carboxylic acids is 1. The zero-order valence-electron chi connectivity index (χ0n) is 12.5. The first-order chi connectivity index (χ1) is 10.6. The minimum Gasteiger partial charge on any atom is -0.490 e. The summed E-state index contributed by atoms with van der Waals surface area (Å²) in [6, 6.07) is 1.25. The molecule has 1 amide bonds. The average Bonchev–Trinajstić information content (AvgIpc) is 2.55. The molecule has 0 aromatic carbocycles. The van der Waals surface area contributed by atoms with Crippen LogP contribution in [0.5, 0.6) is 5.75 Å². The molecular weight excluding hydrogens is 288 g/mol. The second-order valence-electron chi connectivity index (χ2n) is 5.13. The summed E-state index contributed by atoms with van der Waals surface area (Å²) < 4.78 is 10.0. The first-order valence-corrected chi connectivity index (χ1v) is 7.17. The molecule has 8 heteroatoms. The third kappa shape index (κ3) is 3.97. The second kappa shape index (κ2) is 7.45. The molecule has 22 heavy (non-hydrogen) atoms. The highest BCUT2D eigenvalue weighted by Gasteiger charge is 2.25. The predicted octanol–water partition coefficient (Wildman–Crippen LogP) is 1.23. The van der Waals surface area contributed by atoms with Gasteiger partial charge in [-0.2, -0.15) is 0 Å². The van der Waals surface area contributed by atoms with E-state index in [0.717, 1.165) is 37.4 Å². The van der Waals surface area contributed by atoms with Crippen molar-refractivity contribution < 1.29 is 13.9 Å². The van der Waals surface area contributed by atoms with Crippen molar-refractivity contribution in [3.63, 3.8) is 0 Å². The lowest BCUT2D eigenvalue weighted by Gasteiger charge is -2.26. The number of carbonyl (C=O) groups is 1. The van der Waals surface area contributed by atoms with Gasteiger partial charge in [0.2, 0.25) is 17.1 Å². The number of nitrogens with zero attached hydrogens (tertiary/aromatic N) is 4. The van der Waals surface area contributed by atoms with Crippen LogP contribution < -0.4 is 10.2 Å². The highest BCUT2D eigenvalue weighted by atomic mass is 16.5. The second-order valence-corrected chi connectivity index (χ2v) is 5.13. The molecule has 1 aromatic heterocycles. The number of methoxy groups -OCH3 is 1. The Morgan fingerprint density at radius 1 is 1.45 bits per heavy atom. The fourth-order valence-corrected chi connectivity index (χ4v) is 2.37. The van der Waals surface area contributed by atoms with Gasteiger partial charge in [-0.3, -0.25) is 9.59 Å². The van der Waals surface area contributed by atoms with Crippen LogP contribution in [-0.4, -0.2) is 42.6 Å². The zero-order chi connectivity index (χ0) is 15.9. The van der Waals surface area contributed by atoms with Gasteiger partial charge in [-0.1, -0.05) is 0 Å². The summed E-state index contributed by atoms with van der Waals surface area (Å²) in [4.78, 5) is 25.5. The summed E-state index contributed by atoms with van der Waals surface area (Å²) in [5.74, 6) is 0.282. The zero-order valence-corrected chi connectivity index (χ0v) is 12.5. The maximum atomic E-state index is 12.1. The van der Waals surface area contributed by atoms with Crippen molar-refractivity contribution in [2.45, 2.75) is 25.8 Å². The van der Waals surface area contributed by atoms with E-state index >= 15 is 0 Å². The van der Waals surface area contributed by atoms with Gasteiger partial charge >= 0.3 is 5.08 Å². The molecule has 0 bridgehead atoms. The van der Waals surface area contributed by atoms with Crippen LogP contribution in [0.1, 0.15) is 25.0 Å². The molecule has 1 aliphatic heterocycles. The minimum absolute atomic E-state index is 0.0231. The van der Waals surface area contributed by atoms with Gasteiger partial charge in [0.1, 0.15) is 12.0 Å². The standard InChI is InChI=1S/C14H19N4O4/c1-21-13-10-22-11(7-12(13)19)8-18(16-15)9-14(20)17-5-3-2-4-6-17/h7,10H,2-6,8-9H2,1H3/q+1. The van der Waals surface area contributed by atoms with Crippen LogP contribution in [0.2, 0.25) is 0 Å². The van der Waals surface area contributed by atoms with Crippen molar-refractivity contribution in [3.8, 4) is 5.75 Å². The molecule has 0 unspecified atom stereocenters. The lowest BCUT2D eigenvalue weighted by Crippen LogP contribution is -2.41. The average molecular weight is 307 g/mol. The van der Waals surface area contributed by atoms with E-state index in [1.54, 1.807) is 4.90 Å². The van der Waals surface area contributed by atoms with Gasteiger partial charge in [0.05, 0.1) is 7.11 Å². The summed E-state index contributed by atoms with van der Waals surface area (Å²) >= 11 is 0. The maximum Gasteiger partial charge on any atom is 0.306 e. The van der Waals surface area contributed by atoms with Gasteiger partial charge in [0.25, 0.3) is 5.39 Å². The Hall–Kier alpha value is -2.56. The smallest absolute Gasteiger partial charge is 0.306 e. The van der Waals surface area contributed by atoms with Crippen LogP contribution in [0.4, 0.5) is 0 Å². The predicted molar refractivity (Wildman–Crippen MR) is 77.5 cm³/mol. The summed E-state index contributed by atoms with van der Waals surface area (Å²) in [6.45, 7) is 1.42. The lowest BCUT2D eigenvalue weighted by molar-refractivity contribution is -0.132. The van der Waals surface area contributed by atoms with E-state index in [4.69, 9.17) is 14.5 Å². The maximum absolute atomic E-state index is 12.1. The SMILES string of the molecule is COc1coc(CN(CC(=O)N2CCCCC2)[N+]#N)cc1=O. The summed E-state index contributed by atoms with van der Waals surface area (Å²) in [5.41, 5.74) is -0.330. The van der Waals surface area contributed by atoms with Crippen LogP contribution in [-0.2, 0) is 11.3 Å². The van der Waals surface area contributed by atoms with E-state index in [9.17, 15) is 9.59 Å². The quantitative estimate of drug-likeness (QED) is 0.600.